The molecule has 2 aromatic rings. The Hall–Kier alpha value is -2.69. The summed E-state index contributed by atoms with van der Waals surface area (Å²) in [4.78, 5) is 18.4. The van der Waals surface area contributed by atoms with Gasteiger partial charge in [-0.2, -0.15) is 0 Å². The van der Waals surface area contributed by atoms with Gasteiger partial charge in [-0.25, -0.2) is 22.3 Å². The molecule has 31 heavy (non-hydrogen) atoms. The predicted molar refractivity (Wildman–Crippen MR) is 109 cm³/mol. The minimum absolute atomic E-state index is 0.0211. The number of carbonyl (C=O) groups is 1. The van der Waals surface area contributed by atoms with Crippen LogP contribution in [0.2, 0.25) is 0 Å². The summed E-state index contributed by atoms with van der Waals surface area (Å²) in [6.07, 6.45) is 1.52. The number of aromatic nitrogens is 1. The van der Waals surface area contributed by atoms with Crippen LogP contribution in [0.4, 0.5) is 8.78 Å². The molecule has 7 nitrogen and oxygen atoms in total. The number of methoxy groups -OCH3 is 1. The fraction of sp³-hybridized carbons (Fsp3) is 0.333. The Kier molecular flexibility index (Phi) is 6.12. The number of nitrogens with zero attached hydrogens (tertiary/aromatic N) is 3. The number of hydrogen-bond donors (Lipinski definition) is 1. The van der Waals surface area contributed by atoms with Crippen molar-refractivity contribution in [3.63, 3.8) is 0 Å². The van der Waals surface area contributed by atoms with Gasteiger partial charge in [-0.3, -0.25) is 4.79 Å². The van der Waals surface area contributed by atoms with E-state index in [0.29, 0.717) is 43.0 Å². The zero-order valence-corrected chi connectivity index (χ0v) is 17.6. The van der Waals surface area contributed by atoms with Gasteiger partial charge < -0.3 is 14.7 Å². The molecule has 2 aliphatic heterocycles. The second kappa shape index (κ2) is 8.81. The van der Waals surface area contributed by atoms with Gasteiger partial charge in [0, 0.05) is 37.8 Å². The van der Waals surface area contributed by atoms with Crippen molar-refractivity contribution in [1.29, 1.82) is 0 Å². The molecule has 0 aliphatic carbocycles. The van der Waals surface area contributed by atoms with Crippen molar-refractivity contribution < 1.29 is 27.6 Å². The van der Waals surface area contributed by atoms with E-state index in [9.17, 15) is 22.9 Å². The van der Waals surface area contributed by atoms with Crippen LogP contribution in [0.3, 0.4) is 0 Å². The lowest BCUT2D eigenvalue weighted by Gasteiger charge is -2.42. The Balaban J connectivity index is 1.34. The van der Waals surface area contributed by atoms with E-state index >= 15 is 0 Å². The van der Waals surface area contributed by atoms with Crippen LogP contribution in [-0.2, 0) is 15.8 Å². The summed E-state index contributed by atoms with van der Waals surface area (Å²) >= 11 is 0. The SMILES string of the molecule is COc1ccc(S(=O)N2CC(=C3CN(C(=O)[C@H](CO)c4ccc(F)cc4F)C3)C2)nc1. The van der Waals surface area contributed by atoms with E-state index in [1.54, 1.807) is 16.4 Å². The summed E-state index contributed by atoms with van der Waals surface area (Å²) in [6.45, 7) is 1.25. The smallest absolute Gasteiger partial charge is 0.233 e. The molecule has 2 atom stereocenters. The predicted octanol–water partition coefficient (Wildman–Crippen LogP) is 1.62. The lowest BCUT2D eigenvalue weighted by atomic mass is 9.92. The molecule has 1 unspecified atom stereocenters. The molecule has 0 spiro atoms. The number of halogens is 2. The number of rotatable bonds is 6. The number of hydrogen-bond acceptors (Lipinski definition) is 5. The van der Waals surface area contributed by atoms with E-state index < -0.39 is 41.1 Å². The zero-order chi connectivity index (χ0) is 22.1. The van der Waals surface area contributed by atoms with Crippen LogP contribution in [0.1, 0.15) is 11.5 Å². The van der Waals surface area contributed by atoms with Gasteiger partial charge in [0.2, 0.25) is 5.91 Å². The van der Waals surface area contributed by atoms with Gasteiger partial charge in [0.25, 0.3) is 0 Å². The topological polar surface area (TPSA) is 83.0 Å². The third-order valence-corrected chi connectivity index (χ3v) is 6.81. The molecule has 3 heterocycles. The largest absolute Gasteiger partial charge is 0.495 e. The highest BCUT2D eigenvalue weighted by atomic mass is 32.2. The summed E-state index contributed by atoms with van der Waals surface area (Å²) in [7, 11) is 0.159. The van der Waals surface area contributed by atoms with E-state index in [1.165, 1.54) is 24.3 Å². The summed E-state index contributed by atoms with van der Waals surface area (Å²) in [5.41, 5.74) is 2.16. The Bertz CT molecular complexity index is 1050. The highest BCUT2D eigenvalue weighted by molar-refractivity contribution is 7.82. The molecule has 0 radical (unpaired) electrons. The molecule has 1 N–H and O–H groups in total. The van der Waals surface area contributed by atoms with E-state index in [1.807, 2.05) is 0 Å². The first-order chi connectivity index (χ1) is 14.9. The summed E-state index contributed by atoms with van der Waals surface area (Å²) < 4.78 is 46.5. The summed E-state index contributed by atoms with van der Waals surface area (Å²) in [5, 5.41) is 10.1. The second-order valence-corrected chi connectivity index (χ2v) is 8.82. The van der Waals surface area contributed by atoms with Crippen LogP contribution in [0.5, 0.6) is 5.75 Å². The normalized spacial score (nSPS) is 18.3. The standard InChI is InChI=1S/C21H21F2N3O4S/c1-30-16-3-5-20(24-7-16)31(29)26-10-14(11-26)13-8-25(9-13)21(28)18(12-27)17-4-2-15(22)6-19(17)23/h2-7,18,27H,8-12H2,1H3/t18-,31?/m1/s1. The quantitative estimate of drug-likeness (QED) is 0.678. The van der Waals surface area contributed by atoms with Crippen molar-refractivity contribution in [3.05, 3.63) is 64.9 Å². The third-order valence-electron chi connectivity index (χ3n) is 5.49. The van der Waals surface area contributed by atoms with Crippen molar-refractivity contribution >= 4 is 16.9 Å². The number of likely N-dealkylation sites (tertiary alicyclic amines) is 1. The van der Waals surface area contributed by atoms with Crippen molar-refractivity contribution in [2.45, 2.75) is 10.9 Å². The molecule has 2 saturated heterocycles. The molecule has 0 saturated carbocycles. The number of carbonyl (C=O) groups excluding carboxylic acids is 1. The minimum Gasteiger partial charge on any atom is -0.495 e. The van der Waals surface area contributed by atoms with Crippen LogP contribution in [-0.4, -0.2) is 69.3 Å². The molecule has 2 fully saturated rings. The van der Waals surface area contributed by atoms with Crippen molar-refractivity contribution in [2.24, 2.45) is 0 Å². The number of ether oxygens (including phenoxy) is 1. The van der Waals surface area contributed by atoms with Gasteiger partial charge in [0.15, 0.2) is 0 Å². The average molecular weight is 449 g/mol. The first kappa shape index (κ1) is 21.5. The monoisotopic (exact) mass is 449 g/mol. The van der Waals surface area contributed by atoms with Crippen LogP contribution in [0.15, 0.2) is 52.7 Å². The minimum atomic E-state index is -1.38. The van der Waals surface area contributed by atoms with E-state index in [0.717, 1.165) is 17.2 Å². The van der Waals surface area contributed by atoms with Crippen LogP contribution in [0, 0.1) is 11.6 Å². The lowest BCUT2D eigenvalue weighted by Crippen LogP contribution is -2.51. The molecule has 4 rings (SSSR count). The van der Waals surface area contributed by atoms with Crippen LogP contribution in [0.25, 0.3) is 0 Å². The van der Waals surface area contributed by atoms with Gasteiger partial charge in [-0.1, -0.05) is 6.07 Å². The fourth-order valence-corrected chi connectivity index (χ4v) is 4.69. The maximum atomic E-state index is 14.0. The summed E-state index contributed by atoms with van der Waals surface area (Å²) in [6, 6.07) is 6.33. The number of aliphatic hydroxyl groups excluding tert-OH is 1. The molecular formula is C21H21F2N3O4S. The maximum Gasteiger partial charge on any atom is 0.233 e. The van der Waals surface area contributed by atoms with Gasteiger partial charge in [0.05, 0.1) is 25.8 Å². The van der Waals surface area contributed by atoms with Crippen molar-refractivity contribution in [2.75, 3.05) is 39.9 Å². The molecule has 2 aliphatic rings. The molecular weight excluding hydrogens is 428 g/mol. The lowest BCUT2D eigenvalue weighted by molar-refractivity contribution is -0.135. The van der Waals surface area contributed by atoms with Gasteiger partial charge in [-0.15, -0.1) is 0 Å². The van der Waals surface area contributed by atoms with E-state index in [4.69, 9.17) is 4.74 Å². The fourth-order valence-electron chi connectivity index (χ4n) is 3.55. The highest BCUT2D eigenvalue weighted by Crippen LogP contribution is 2.31. The Labute approximate surface area is 180 Å². The first-order valence-corrected chi connectivity index (χ1v) is 10.7. The highest BCUT2D eigenvalue weighted by Gasteiger charge is 2.37. The Morgan fingerprint density at radius 2 is 1.90 bits per heavy atom. The van der Waals surface area contributed by atoms with E-state index in [-0.39, 0.29) is 5.56 Å². The molecule has 1 amide bonds. The zero-order valence-electron chi connectivity index (χ0n) is 16.8. The van der Waals surface area contributed by atoms with Crippen molar-refractivity contribution in [3.8, 4) is 5.75 Å². The molecule has 10 heteroatoms. The molecule has 1 aromatic heterocycles. The van der Waals surface area contributed by atoms with Crippen LogP contribution >= 0.6 is 0 Å². The maximum absolute atomic E-state index is 14.0. The second-order valence-electron chi connectivity index (χ2n) is 7.39. The number of aliphatic hydroxyl groups is 1. The molecule has 0 bridgehead atoms. The van der Waals surface area contributed by atoms with Gasteiger partial charge >= 0.3 is 0 Å². The summed E-state index contributed by atoms with van der Waals surface area (Å²) in [5.74, 6) is -2.47. The van der Waals surface area contributed by atoms with Crippen LogP contribution < -0.4 is 4.74 Å². The molecule has 164 valence electrons. The average Bonchev–Trinajstić information content (AvgIpc) is 2.70. The Morgan fingerprint density at radius 1 is 1.19 bits per heavy atom. The molecule has 1 aromatic carbocycles. The number of amides is 1. The van der Waals surface area contributed by atoms with Gasteiger partial charge in [0.1, 0.15) is 33.4 Å². The van der Waals surface area contributed by atoms with E-state index in [2.05, 4.69) is 4.98 Å². The number of pyridine rings is 1. The van der Waals surface area contributed by atoms with Crippen molar-refractivity contribution in [1.82, 2.24) is 14.2 Å². The Morgan fingerprint density at radius 3 is 2.48 bits per heavy atom. The first-order valence-electron chi connectivity index (χ1n) is 9.62. The van der Waals surface area contributed by atoms with Gasteiger partial charge in [-0.05, 0) is 29.3 Å². The third kappa shape index (κ3) is 4.23. The number of benzene rings is 1.